The van der Waals surface area contributed by atoms with Crippen LogP contribution in [0.3, 0.4) is 0 Å². The number of phosphoric acid groups is 2. The molecule has 604 valence electrons. The first-order valence-electron chi connectivity index (χ1n) is 40.7. The van der Waals surface area contributed by atoms with Gasteiger partial charge < -0.3 is 33.8 Å². The van der Waals surface area contributed by atoms with Crippen LogP contribution < -0.4 is 0 Å². The van der Waals surface area contributed by atoms with E-state index in [9.17, 15) is 43.2 Å². The Kier molecular flexibility index (Phi) is 73.9. The molecule has 0 aromatic rings. The number of carbonyl (C=O) groups is 4. The van der Waals surface area contributed by atoms with Crippen LogP contribution in [0.25, 0.3) is 0 Å². The van der Waals surface area contributed by atoms with E-state index in [1.807, 2.05) is 0 Å². The smallest absolute Gasteiger partial charge is 0.462 e. The summed E-state index contributed by atoms with van der Waals surface area (Å²) in [6.07, 6.45) is 90.7. The molecule has 19 heteroatoms. The Labute approximate surface area is 642 Å². The number of hydrogen-bond acceptors (Lipinski definition) is 15. The molecule has 17 nitrogen and oxygen atoms in total. The molecule has 0 aromatic carbocycles. The van der Waals surface area contributed by atoms with Crippen molar-refractivity contribution in [1.82, 2.24) is 0 Å². The van der Waals surface area contributed by atoms with Crippen LogP contribution in [-0.2, 0) is 65.4 Å². The van der Waals surface area contributed by atoms with E-state index in [-0.39, 0.29) is 25.7 Å². The Morgan fingerprint density at radius 1 is 0.274 bits per heavy atom. The zero-order chi connectivity index (χ0) is 77.4. The van der Waals surface area contributed by atoms with Crippen LogP contribution in [-0.4, -0.2) is 96.7 Å². The largest absolute Gasteiger partial charge is 0.472 e. The zero-order valence-corrected chi connectivity index (χ0v) is 67.8. The predicted octanol–water partition coefficient (Wildman–Crippen LogP) is 24.0. The van der Waals surface area contributed by atoms with E-state index < -0.39 is 97.5 Å². The van der Waals surface area contributed by atoms with E-state index in [0.29, 0.717) is 25.7 Å². The molecule has 0 bridgehead atoms. The first kappa shape index (κ1) is 101. The van der Waals surface area contributed by atoms with E-state index in [1.54, 1.807) is 0 Å². The van der Waals surface area contributed by atoms with Crippen LogP contribution in [0.2, 0.25) is 0 Å². The first-order valence-corrected chi connectivity index (χ1v) is 43.7. The van der Waals surface area contributed by atoms with Gasteiger partial charge in [0.05, 0.1) is 26.4 Å². The monoisotopic (exact) mass is 1520 g/mol. The highest BCUT2D eigenvalue weighted by atomic mass is 31.2. The van der Waals surface area contributed by atoms with Gasteiger partial charge >= 0.3 is 39.5 Å². The lowest BCUT2D eigenvalue weighted by molar-refractivity contribution is -0.161. The molecule has 0 aliphatic carbocycles. The number of carbonyl (C=O) groups excluding carboxylic acids is 4. The summed E-state index contributed by atoms with van der Waals surface area (Å²) in [5, 5.41) is 10.7. The Hall–Kier alpha value is -5.32. The fraction of sp³-hybridized carbons (Fsp3) is 0.655. The molecule has 0 amide bonds. The van der Waals surface area contributed by atoms with Crippen molar-refractivity contribution in [2.24, 2.45) is 0 Å². The second-order valence-corrected chi connectivity index (χ2v) is 29.5. The number of ether oxygens (including phenoxy) is 4. The molecule has 0 aromatic heterocycles. The van der Waals surface area contributed by atoms with E-state index in [0.717, 1.165) is 212 Å². The van der Waals surface area contributed by atoms with Crippen LogP contribution in [0.15, 0.2) is 158 Å². The molecule has 0 spiro atoms. The van der Waals surface area contributed by atoms with Crippen LogP contribution in [0.5, 0.6) is 0 Å². The minimum atomic E-state index is -5.00. The first-order chi connectivity index (χ1) is 51.7. The maximum atomic E-state index is 13.1. The lowest BCUT2D eigenvalue weighted by atomic mass is 10.1. The third kappa shape index (κ3) is 76.9. The summed E-state index contributed by atoms with van der Waals surface area (Å²) in [6.45, 7) is 4.47. The summed E-state index contributed by atoms with van der Waals surface area (Å²) < 4.78 is 68.6. The topological polar surface area (TPSA) is 237 Å². The van der Waals surface area contributed by atoms with Gasteiger partial charge in [-0.05, 0) is 167 Å². The molecule has 0 saturated carbocycles. The zero-order valence-electron chi connectivity index (χ0n) is 66.1. The Bertz CT molecular complexity index is 2630. The number of unbranched alkanes of at least 4 members (excludes halogenated alkanes) is 23. The fourth-order valence-electron chi connectivity index (χ4n) is 10.3. The normalized spacial score (nSPS) is 14.7. The average Bonchev–Trinajstić information content (AvgIpc) is 0.902. The van der Waals surface area contributed by atoms with Crippen molar-refractivity contribution in [2.45, 2.75) is 329 Å². The number of rotatable bonds is 75. The van der Waals surface area contributed by atoms with E-state index in [1.165, 1.54) is 19.3 Å². The van der Waals surface area contributed by atoms with Crippen molar-refractivity contribution in [2.75, 3.05) is 39.6 Å². The van der Waals surface area contributed by atoms with Crippen LogP contribution in [0.1, 0.15) is 310 Å². The predicted molar refractivity (Wildman–Crippen MR) is 436 cm³/mol. The number of aliphatic hydroxyl groups is 1. The van der Waals surface area contributed by atoms with Crippen molar-refractivity contribution in [3.05, 3.63) is 158 Å². The summed E-state index contributed by atoms with van der Waals surface area (Å²) >= 11 is 0. The van der Waals surface area contributed by atoms with Crippen molar-refractivity contribution in [3.63, 3.8) is 0 Å². The maximum absolute atomic E-state index is 13.1. The van der Waals surface area contributed by atoms with Gasteiger partial charge in [-0.15, -0.1) is 0 Å². The van der Waals surface area contributed by atoms with Crippen molar-refractivity contribution < 1.29 is 80.2 Å². The number of phosphoric ester groups is 2. The molecular weight excluding hydrogens is 1380 g/mol. The van der Waals surface area contributed by atoms with Crippen LogP contribution in [0.4, 0.5) is 0 Å². The molecule has 0 fully saturated rings. The van der Waals surface area contributed by atoms with E-state index in [2.05, 4.69) is 186 Å². The van der Waals surface area contributed by atoms with Gasteiger partial charge in [-0.2, -0.15) is 0 Å². The molecule has 0 radical (unpaired) electrons. The molecule has 5 unspecified atom stereocenters. The molecule has 0 rings (SSSR count). The van der Waals surface area contributed by atoms with Gasteiger partial charge in [0, 0.05) is 25.7 Å². The van der Waals surface area contributed by atoms with Gasteiger partial charge in [0.25, 0.3) is 0 Å². The number of aliphatic hydroxyl groups excluding tert-OH is 1. The van der Waals surface area contributed by atoms with Gasteiger partial charge in [0.15, 0.2) is 12.2 Å². The SMILES string of the molecule is CC/C=C\C/C=C\C/C=C\C/C=C\CCCCCCC(=O)OCC(COP(=O)(O)OCC(O)COP(=O)(O)OCC(COC(=O)CCCCCCCC/C=C\C/C=C\C/C=C\CCCCC)OC(=O)CCCCCCC/C=C\C/C=C\CCC)OC(=O)CCCCCC/C=C\C/C=C\C/C=C\C/C=C\CC. The minimum Gasteiger partial charge on any atom is -0.462 e. The highest BCUT2D eigenvalue weighted by molar-refractivity contribution is 7.47. The molecular formula is C87H144O17P2. The van der Waals surface area contributed by atoms with Crippen molar-refractivity contribution >= 4 is 39.5 Å². The highest BCUT2D eigenvalue weighted by Gasteiger charge is 2.30. The highest BCUT2D eigenvalue weighted by Crippen LogP contribution is 2.45. The minimum absolute atomic E-state index is 0.0556. The third-order valence-electron chi connectivity index (χ3n) is 16.4. The van der Waals surface area contributed by atoms with Crippen molar-refractivity contribution in [3.8, 4) is 0 Å². The van der Waals surface area contributed by atoms with Crippen LogP contribution in [0, 0.1) is 0 Å². The van der Waals surface area contributed by atoms with Crippen molar-refractivity contribution in [1.29, 1.82) is 0 Å². The second kappa shape index (κ2) is 77.8. The van der Waals surface area contributed by atoms with Crippen LogP contribution >= 0.6 is 15.6 Å². The van der Waals surface area contributed by atoms with Gasteiger partial charge in [0.2, 0.25) is 0 Å². The number of hydrogen-bond donors (Lipinski definition) is 3. The maximum Gasteiger partial charge on any atom is 0.472 e. The van der Waals surface area contributed by atoms with Gasteiger partial charge in [0.1, 0.15) is 19.3 Å². The molecule has 0 heterocycles. The summed E-state index contributed by atoms with van der Waals surface area (Å²) in [4.78, 5) is 73.1. The fourth-order valence-corrected chi connectivity index (χ4v) is 11.9. The number of allylic oxidation sites excluding steroid dienone is 26. The molecule has 0 aliphatic heterocycles. The summed E-state index contributed by atoms with van der Waals surface area (Å²) in [5.74, 6) is -2.26. The molecule has 106 heavy (non-hydrogen) atoms. The molecule has 5 atom stereocenters. The quantitative estimate of drug-likeness (QED) is 0.0169. The van der Waals surface area contributed by atoms with Gasteiger partial charge in [-0.3, -0.25) is 37.3 Å². The second-order valence-electron chi connectivity index (χ2n) is 26.6. The average molecular weight is 1520 g/mol. The molecule has 0 saturated heterocycles. The standard InChI is InChI=1S/C87H144O17P2/c1-5-9-13-17-21-25-29-33-36-39-40-43-45-49-52-56-60-64-68-72-85(90)97-77-82(103-86(91)73-69-65-61-57-53-47-32-28-24-20-16-12-8-4)79-101-105(93,94)99-75-81(88)76-100-106(95,96)102-80-83(104-87(92)74-70-66-62-58-54-50-46-42-38-35-31-27-23-19-15-11-7-3)78-98-84(89)71-67-63-59-55-51-48-44-41-37-34-30-26-22-18-14-10-6-2/h10-11,14-16,20-23,25-28,32-38,40,43-44,46,48,50,81-83,88H,5-9,12-13,17-19,24,29-31,39,41-42,45,47,49,51-80H2,1-4H3,(H,93,94)(H,95,96)/b14-10-,15-11-,20-16-,25-21-,26-22-,27-23-,32-28-,36-33-,37-34-,38-35-,43-40-,48-44-,50-46-. The molecule has 0 aliphatic rings. The lowest BCUT2D eigenvalue weighted by Gasteiger charge is -2.21. The number of esters is 4. The lowest BCUT2D eigenvalue weighted by Crippen LogP contribution is -2.30. The Balaban J connectivity index is 5.43. The summed E-state index contributed by atoms with van der Waals surface area (Å²) in [5.41, 5.74) is 0. The third-order valence-corrected chi connectivity index (χ3v) is 18.3. The van der Waals surface area contributed by atoms with E-state index in [4.69, 9.17) is 37.0 Å². The molecule has 3 N–H and O–H groups in total. The Morgan fingerprint density at radius 3 is 0.792 bits per heavy atom. The summed E-state index contributed by atoms with van der Waals surface area (Å²) in [7, 11) is -9.99. The van der Waals surface area contributed by atoms with E-state index >= 15 is 0 Å². The summed E-state index contributed by atoms with van der Waals surface area (Å²) in [6, 6.07) is 0. The van der Waals surface area contributed by atoms with Gasteiger partial charge in [-0.1, -0.05) is 276 Å². The Morgan fingerprint density at radius 2 is 0.509 bits per heavy atom. The van der Waals surface area contributed by atoms with Gasteiger partial charge in [-0.25, -0.2) is 9.13 Å².